The molecule has 0 fully saturated rings. The van der Waals surface area contributed by atoms with Gasteiger partial charge in [0.25, 0.3) is 0 Å². The maximum absolute atomic E-state index is 12.7. The zero-order valence-corrected chi connectivity index (χ0v) is 47.2. The Kier molecular flexibility index (Phi) is 54.8. The first-order chi connectivity index (χ1) is 35.8. The van der Waals surface area contributed by atoms with Gasteiger partial charge in [-0.1, -0.05) is 238 Å². The Hall–Kier alpha value is -3.59. The summed E-state index contributed by atoms with van der Waals surface area (Å²) in [6.07, 6.45) is 79.7. The molecule has 0 aliphatic heterocycles. The summed E-state index contributed by atoms with van der Waals surface area (Å²) in [7, 11) is -4.40. The van der Waals surface area contributed by atoms with Crippen molar-refractivity contribution in [2.24, 2.45) is 5.73 Å². The molecule has 0 radical (unpaired) electrons. The van der Waals surface area contributed by atoms with Crippen LogP contribution in [0.25, 0.3) is 0 Å². The van der Waals surface area contributed by atoms with Gasteiger partial charge in [0.05, 0.1) is 13.2 Å². The maximum Gasteiger partial charge on any atom is 0.472 e. The van der Waals surface area contributed by atoms with E-state index in [0.29, 0.717) is 12.8 Å². The lowest BCUT2D eigenvalue weighted by Crippen LogP contribution is -2.29. The molecule has 0 aromatic rings. The van der Waals surface area contributed by atoms with E-state index in [-0.39, 0.29) is 32.6 Å². The first-order valence-corrected chi connectivity index (χ1v) is 30.5. The summed E-state index contributed by atoms with van der Waals surface area (Å²) in [6, 6.07) is 0. The number of hydrogen-bond acceptors (Lipinski definition) is 8. The summed E-state index contributed by atoms with van der Waals surface area (Å²) in [4.78, 5) is 35.2. The number of phosphoric acid groups is 1. The molecular weight excluding hydrogens is 930 g/mol. The number of nitrogens with two attached hydrogens (primary N) is 1. The number of rotatable bonds is 53. The van der Waals surface area contributed by atoms with Crippen molar-refractivity contribution < 1.29 is 37.6 Å². The molecule has 10 heteroatoms. The minimum atomic E-state index is -4.40. The fourth-order valence-electron chi connectivity index (χ4n) is 7.63. The second kappa shape index (κ2) is 57.7. The number of phosphoric ester groups is 1. The van der Waals surface area contributed by atoms with E-state index in [4.69, 9.17) is 24.3 Å². The van der Waals surface area contributed by atoms with Crippen molar-refractivity contribution >= 4 is 19.8 Å². The van der Waals surface area contributed by atoms with Crippen molar-refractivity contribution in [2.75, 3.05) is 26.4 Å². The Balaban J connectivity index is 3.98. The van der Waals surface area contributed by atoms with E-state index in [2.05, 4.69) is 135 Å². The molecule has 0 aromatic heterocycles. The monoisotopic (exact) mass is 1040 g/mol. The minimum Gasteiger partial charge on any atom is -0.462 e. The van der Waals surface area contributed by atoms with E-state index in [9.17, 15) is 19.0 Å². The highest BCUT2D eigenvalue weighted by Crippen LogP contribution is 2.43. The third-order valence-electron chi connectivity index (χ3n) is 11.8. The van der Waals surface area contributed by atoms with E-state index < -0.39 is 32.5 Å². The molecule has 416 valence electrons. The van der Waals surface area contributed by atoms with Crippen LogP contribution in [0.3, 0.4) is 0 Å². The van der Waals surface area contributed by atoms with Crippen LogP contribution in [0.4, 0.5) is 0 Å². The summed E-state index contributed by atoms with van der Waals surface area (Å²) in [6.45, 7) is 3.49. The Morgan fingerprint density at radius 2 is 0.712 bits per heavy atom. The SMILES string of the molecule is CC/C=C\C/C=C\C/C=C\C/C=C\C/C=C\C/C=C\CCCCCCCCCCCCCCCCC(=O)OC(COC(=O)CCCCCCCC/C=C\C/C=C\C/C=C\C/C=C\CC)COP(=O)(O)OCCN. The number of hydrogen-bond donors (Lipinski definition) is 2. The molecule has 0 bridgehead atoms. The first kappa shape index (κ1) is 69.4. The molecule has 73 heavy (non-hydrogen) atoms. The molecule has 2 unspecified atom stereocenters. The van der Waals surface area contributed by atoms with Crippen molar-refractivity contribution in [2.45, 2.75) is 238 Å². The van der Waals surface area contributed by atoms with Crippen LogP contribution in [0.1, 0.15) is 232 Å². The van der Waals surface area contributed by atoms with Crippen LogP contribution in [-0.4, -0.2) is 49.3 Å². The van der Waals surface area contributed by atoms with Crippen molar-refractivity contribution in [1.82, 2.24) is 0 Å². The highest BCUT2D eigenvalue weighted by molar-refractivity contribution is 7.47. The van der Waals surface area contributed by atoms with E-state index >= 15 is 0 Å². The molecular formula is C63H106NO8P. The first-order valence-electron chi connectivity index (χ1n) is 29.0. The van der Waals surface area contributed by atoms with Crippen molar-refractivity contribution in [3.8, 4) is 0 Å². The lowest BCUT2D eigenvalue weighted by Gasteiger charge is -2.19. The third kappa shape index (κ3) is 57.5. The summed E-state index contributed by atoms with van der Waals surface area (Å²) < 4.78 is 33.0. The molecule has 0 spiro atoms. The average Bonchev–Trinajstić information content (AvgIpc) is 3.38. The lowest BCUT2D eigenvalue weighted by atomic mass is 10.0. The van der Waals surface area contributed by atoms with E-state index in [0.717, 1.165) is 122 Å². The van der Waals surface area contributed by atoms with Gasteiger partial charge in [0.15, 0.2) is 6.10 Å². The molecule has 0 rings (SSSR count). The highest BCUT2D eigenvalue weighted by Gasteiger charge is 2.26. The van der Waals surface area contributed by atoms with Gasteiger partial charge in [0.2, 0.25) is 0 Å². The number of unbranched alkanes of at least 4 members (excludes halogenated alkanes) is 20. The van der Waals surface area contributed by atoms with Gasteiger partial charge in [-0.15, -0.1) is 0 Å². The predicted molar refractivity (Wildman–Crippen MR) is 311 cm³/mol. The standard InChI is InChI=1S/C63H106NO8P/c1-3-5-7-9-11-13-15-17-19-21-23-24-25-26-27-28-29-30-31-32-33-34-35-36-38-40-42-44-46-48-50-52-54-56-63(66)72-61(60-71-73(67,68)70-58-57-64)59-69-62(65)55-53-51-49-47-45-43-41-39-37-22-20-18-16-14-12-10-8-6-4-2/h5-8,11-14,17-20,23-24,26-27,29-30,37,39,61H,3-4,9-10,15-16,21-22,25,28,31-36,38,40-60,64H2,1-2H3,(H,67,68)/b7-5-,8-6-,13-11-,14-12-,19-17-,20-18-,24-23-,27-26-,30-29-,39-37-. The van der Waals surface area contributed by atoms with Crippen LogP contribution in [-0.2, 0) is 32.7 Å². The number of carbonyl (C=O) groups is 2. The predicted octanol–water partition coefficient (Wildman–Crippen LogP) is 18.4. The number of allylic oxidation sites excluding steroid dienone is 20. The Labute approximate surface area is 447 Å². The van der Waals surface area contributed by atoms with Gasteiger partial charge in [-0.3, -0.25) is 18.6 Å². The molecule has 9 nitrogen and oxygen atoms in total. The molecule has 0 heterocycles. The van der Waals surface area contributed by atoms with Crippen LogP contribution in [0.15, 0.2) is 122 Å². The van der Waals surface area contributed by atoms with Gasteiger partial charge in [-0.05, 0) is 103 Å². The third-order valence-corrected chi connectivity index (χ3v) is 12.8. The fraction of sp³-hybridized carbons (Fsp3) is 0.651. The minimum absolute atomic E-state index is 0.0457. The number of ether oxygens (including phenoxy) is 2. The second-order valence-electron chi connectivity index (χ2n) is 18.7. The summed E-state index contributed by atoms with van der Waals surface area (Å²) in [5, 5.41) is 0. The summed E-state index contributed by atoms with van der Waals surface area (Å²) in [5.41, 5.74) is 5.38. The summed E-state index contributed by atoms with van der Waals surface area (Å²) >= 11 is 0. The fourth-order valence-corrected chi connectivity index (χ4v) is 8.40. The van der Waals surface area contributed by atoms with E-state index in [1.807, 2.05) is 0 Å². The van der Waals surface area contributed by atoms with Gasteiger partial charge in [-0.2, -0.15) is 0 Å². The van der Waals surface area contributed by atoms with Gasteiger partial charge in [-0.25, -0.2) is 4.57 Å². The van der Waals surface area contributed by atoms with Gasteiger partial charge >= 0.3 is 19.8 Å². The average molecular weight is 1040 g/mol. The Morgan fingerprint density at radius 1 is 0.411 bits per heavy atom. The van der Waals surface area contributed by atoms with Gasteiger partial charge in [0, 0.05) is 19.4 Å². The molecule has 0 saturated carbocycles. The van der Waals surface area contributed by atoms with E-state index in [1.165, 1.54) is 70.6 Å². The molecule has 0 amide bonds. The quantitative estimate of drug-likeness (QED) is 0.0264. The van der Waals surface area contributed by atoms with Crippen LogP contribution in [0.2, 0.25) is 0 Å². The second-order valence-corrected chi connectivity index (χ2v) is 20.2. The molecule has 0 aromatic carbocycles. The van der Waals surface area contributed by atoms with Crippen LogP contribution >= 0.6 is 7.82 Å². The molecule has 0 aliphatic rings. The van der Waals surface area contributed by atoms with Gasteiger partial charge < -0.3 is 20.1 Å². The smallest absolute Gasteiger partial charge is 0.462 e. The van der Waals surface area contributed by atoms with Gasteiger partial charge in [0.1, 0.15) is 6.61 Å². The molecule has 0 saturated heterocycles. The highest BCUT2D eigenvalue weighted by atomic mass is 31.2. The van der Waals surface area contributed by atoms with Crippen LogP contribution in [0, 0.1) is 0 Å². The molecule has 0 aliphatic carbocycles. The zero-order valence-electron chi connectivity index (χ0n) is 46.3. The van der Waals surface area contributed by atoms with Crippen molar-refractivity contribution in [1.29, 1.82) is 0 Å². The largest absolute Gasteiger partial charge is 0.472 e. The lowest BCUT2D eigenvalue weighted by molar-refractivity contribution is -0.161. The molecule has 3 N–H and O–H groups in total. The topological polar surface area (TPSA) is 134 Å². The maximum atomic E-state index is 12.7. The van der Waals surface area contributed by atoms with Crippen molar-refractivity contribution in [3.63, 3.8) is 0 Å². The zero-order chi connectivity index (χ0) is 53.1. The number of esters is 2. The Morgan fingerprint density at radius 3 is 1.05 bits per heavy atom. The Bertz CT molecular complexity index is 1600. The summed E-state index contributed by atoms with van der Waals surface area (Å²) in [5.74, 6) is -0.849. The van der Waals surface area contributed by atoms with Crippen LogP contribution < -0.4 is 5.73 Å². The number of carbonyl (C=O) groups excluding carboxylic acids is 2. The molecule has 2 atom stereocenters. The van der Waals surface area contributed by atoms with Crippen molar-refractivity contribution in [3.05, 3.63) is 122 Å². The van der Waals surface area contributed by atoms with Crippen LogP contribution in [0.5, 0.6) is 0 Å². The normalized spacial score (nSPS) is 14.0. The van der Waals surface area contributed by atoms with E-state index in [1.54, 1.807) is 0 Å².